The van der Waals surface area contributed by atoms with Gasteiger partial charge < -0.3 is 10.6 Å². The summed E-state index contributed by atoms with van der Waals surface area (Å²) in [6.45, 7) is 2.15. The van der Waals surface area contributed by atoms with Gasteiger partial charge in [-0.15, -0.1) is 0 Å². The van der Waals surface area contributed by atoms with Crippen LogP contribution in [0.2, 0.25) is 0 Å². The number of rotatable bonds is 2. The van der Waals surface area contributed by atoms with Gasteiger partial charge in [-0.05, 0) is 36.9 Å². The van der Waals surface area contributed by atoms with Crippen molar-refractivity contribution in [3.05, 3.63) is 34.9 Å². The van der Waals surface area contributed by atoms with E-state index in [0.717, 1.165) is 23.4 Å². The fourth-order valence-electron chi connectivity index (χ4n) is 2.46. The Balaban J connectivity index is 1.95. The molecule has 1 atom stereocenters. The number of halogens is 1. The number of nitrogens with zero attached hydrogens (tertiary/aromatic N) is 1. The number of benzene rings is 1. The van der Waals surface area contributed by atoms with Gasteiger partial charge in [0.25, 0.3) is 0 Å². The van der Waals surface area contributed by atoms with Crippen LogP contribution in [0, 0.1) is 0 Å². The van der Waals surface area contributed by atoms with Crippen molar-refractivity contribution < 1.29 is 0 Å². The molecule has 0 aliphatic carbocycles. The molecule has 94 valence electrons. The highest BCUT2D eigenvalue weighted by Gasteiger charge is 2.14. The van der Waals surface area contributed by atoms with Crippen molar-refractivity contribution in [1.82, 2.24) is 10.3 Å². The van der Waals surface area contributed by atoms with Crippen molar-refractivity contribution >= 4 is 32.5 Å². The minimum atomic E-state index is 0.476. The van der Waals surface area contributed by atoms with Gasteiger partial charge in [0.05, 0.1) is 0 Å². The SMILES string of the molecule is Brc1cccc2ccnc(NC3CCCNC3)c12. The lowest BCUT2D eigenvalue weighted by atomic mass is 10.1. The number of pyridine rings is 1. The van der Waals surface area contributed by atoms with E-state index >= 15 is 0 Å². The van der Waals surface area contributed by atoms with Crippen LogP contribution in [0.15, 0.2) is 34.9 Å². The maximum absolute atomic E-state index is 4.49. The molecular formula is C14H16BrN3. The van der Waals surface area contributed by atoms with E-state index in [2.05, 4.69) is 49.7 Å². The molecular weight excluding hydrogens is 290 g/mol. The number of hydrogen-bond donors (Lipinski definition) is 2. The Morgan fingerprint density at radius 3 is 3.11 bits per heavy atom. The third-order valence-corrected chi connectivity index (χ3v) is 4.04. The molecule has 1 aromatic carbocycles. The van der Waals surface area contributed by atoms with E-state index in [0.29, 0.717) is 6.04 Å². The molecule has 2 aromatic rings. The monoisotopic (exact) mass is 305 g/mol. The van der Waals surface area contributed by atoms with Crippen LogP contribution in [0.4, 0.5) is 5.82 Å². The van der Waals surface area contributed by atoms with Crippen LogP contribution in [-0.4, -0.2) is 24.1 Å². The summed E-state index contributed by atoms with van der Waals surface area (Å²) in [5.74, 6) is 0.980. The van der Waals surface area contributed by atoms with Crippen LogP contribution < -0.4 is 10.6 Å². The number of anilines is 1. The van der Waals surface area contributed by atoms with Crippen LogP contribution in [0.25, 0.3) is 10.8 Å². The van der Waals surface area contributed by atoms with E-state index < -0.39 is 0 Å². The van der Waals surface area contributed by atoms with Crippen molar-refractivity contribution in [3.8, 4) is 0 Å². The first kappa shape index (κ1) is 11.9. The molecule has 2 N–H and O–H groups in total. The number of piperidine rings is 1. The predicted molar refractivity (Wildman–Crippen MR) is 79.0 cm³/mol. The summed E-state index contributed by atoms with van der Waals surface area (Å²) >= 11 is 3.62. The highest BCUT2D eigenvalue weighted by atomic mass is 79.9. The van der Waals surface area contributed by atoms with Crippen molar-refractivity contribution in [1.29, 1.82) is 0 Å². The lowest BCUT2D eigenvalue weighted by Gasteiger charge is -2.25. The first-order chi connectivity index (χ1) is 8.84. The smallest absolute Gasteiger partial charge is 0.135 e. The Morgan fingerprint density at radius 1 is 1.33 bits per heavy atom. The molecule has 1 unspecified atom stereocenters. The summed E-state index contributed by atoms with van der Waals surface area (Å²) in [6.07, 6.45) is 4.30. The Labute approximate surface area is 115 Å². The van der Waals surface area contributed by atoms with E-state index in [-0.39, 0.29) is 0 Å². The quantitative estimate of drug-likeness (QED) is 0.895. The summed E-state index contributed by atoms with van der Waals surface area (Å²) in [4.78, 5) is 4.49. The van der Waals surface area contributed by atoms with Gasteiger partial charge in [0.2, 0.25) is 0 Å². The van der Waals surface area contributed by atoms with Crippen LogP contribution in [0.3, 0.4) is 0 Å². The van der Waals surface area contributed by atoms with Gasteiger partial charge in [-0.3, -0.25) is 0 Å². The summed E-state index contributed by atoms with van der Waals surface area (Å²) in [5, 5.41) is 9.36. The van der Waals surface area contributed by atoms with E-state index in [1.165, 1.54) is 23.6 Å². The fraction of sp³-hybridized carbons (Fsp3) is 0.357. The third-order valence-electron chi connectivity index (χ3n) is 3.38. The lowest BCUT2D eigenvalue weighted by Crippen LogP contribution is -2.38. The van der Waals surface area contributed by atoms with Gasteiger partial charge in [-0.1, -0.05) is 28.1 Å². The third kappa shape index (κ3) is 2.35. The minimum Gasteiger partial charge on any atom is -0.366 e. The zero-order valence-electron chi connectivity index (χ0n) is 10.1. The molecule has 1 fully saturated rings. The zero-order chi connectivity index (χ0) is 12.4. The molecule has 0 amide bonds. The van der Waals surface area contributed by atoms with Gasteiger partial charge in [-0.2, -0.15) is 0 Å². The van der Waals surface area contributed by atoms with Crippen molar-refractivity contribution in [3.63, 3.8) is 0 Å². The first-order valence-corrected chi connectivity index (χ1v) is 7.14. The second-order valence-corrected chi connectivity index (χ2v) is 5.54. The molecule has 1 aromatic heterocycles. The number of fused-ring (bicyclic) bond motifs is 1. The second-order valence-electron chi connectivity index (χ2n) is 4.69. The van der Waals surface area contributed by atoms with Crippen molar-refractivity contribution in [2.45, 2.75) is 18.9 Å². The molecule has 3 nitrogen and oxygen atoms in total. The Hall–Kier alpha value is -1.13. The largest absolute Gasteiger partial charge is 0.366 e. The molecule has 18 heavy (non-hydrogen) atoms. The molecule has 0 radical (unpaired) electrons. The molecule has 0 spiro atoms. The van der Waals surface area contributed by atoms with E-state index in [4.69, 9.17) is 0 Å². The number of aromatic nitrogens is 1. The molecule has 4 heteroatoms. The van der Waals surface area contributed by atoms with Gasteiger partial charge in [0, 0.05) is 28.6 Å². The van der Waals surface area contributed by atoms with E-state index in [9.17, 15) is 0 Å². The van der Waals surface area contributed by atoms with Gasteiger partial charge in [0.15, 0.2) is 0 Å². The lowest BCUT2D eigenvalue weighted by molar-refractivity contribution is 0.479. The highest BCUT2D eigenvalue weighted by Crippen LogP contribution is 2.29. The van der Waals surface area contributed by atoms with E-state index in [1.54, 1.807) is 0 Å². The number of nitrogens with one attached hydrogen (secondary N) is 2. The summed E-state index contributed by atoms with van der Waals surface area (Å²) in [5.41, 5.74) is 0. The summed E-state index contributed by atoms with van der Waals surface area (Å²) in [6, 6.07) is 8.76. The standard InChI is InChI=1S/C14H16BrN3/c15-12-5-1-3-10-6-8-17-14(13(10)12)18-11-4-2-7-16-9-11/h1,3,5-6,8,11,16H,2,4,7,9H2,(H,17,18). The Bertz CT molecular complexity index is 544. The molecule has 0 bridgehead atoms. The summed E-state index contributed by atoms with van der Waals surface area (Å²) in [7, 11) is 0. The van der Waals surface area contributed by atoms with Crippen molar-refractivity contribution in [2.75, 3.05) is 18.4 Å². The topological polar surface area (TPSA) is 37.0 Å². The molecule has 2 heterocycles. The van der Waals surface area contributed by atoms with E-state index in [1.807, 2.05) is 12.3 Å². The Kier molecular flexibility index (Phi) is 3.48. The van der Waals surface area contributed by atoms with Crippen LogP contribution in [0.1, 0.15) is 12.8 Å². The minimum absolute atomic E-state index is 0.476. The normalized spacial score (nSPS) is 19.9. The average Bonchev–Trinajstić information content (AvgIpc) is 2.40. The predicted octanol–water partition coefficient (Wildman–Crippen LogP) is 3.16. The molecule has 1 saturated heterocycles. The average molecular weight is 306 g/mol. The van der Waals surface area contributed by atoms with Crippen LogP contribution in [0.5, 0.6) is 0 Å². The second kappa shape index (κ2) is 5.24. The van der Waals surface area contributed by atoms with Gasteiger partial charge in [0.1, 0.15) is 5.82 Å². The molecule has 1 aliphatic heterocycles. The maximum Gasteiger partial charge on any atom is 0.135 e. The zero-order valence-corrected chi connectivity index (χ0v) is 11.7. The first-order valence-electron chi connectivity index (χ1n) is 6.35. The highest BCUT2D eigenvalue weighted by molar-refractivity contribution is 9.10. The maximum atomic E-state index is 4.49. The molecule has 1 aliphatic rings. The number of hydrogen-bond acceptors (Lipinski definition) is 3. The molecule has 0 saturated carbocycles. The summed E-state index contributed by atoms with van der Waals surface area (Å²) < 4.78 is 1.10. The molecule has 3 rings (SSSR count). The van der Waals surface area contributed by atoms with Crippen molar-refractivity contribution in [2.24, 2.45) is 0 Å². The van der Waals surface area contributed by atoms with Crippen LogP contribution in [-0.2, 0) is 0 Å². The Morgan fingerprint density at radius 2 is 2.28 bits per heavy atom. The van der Waals surface area contributed by atoms with Gasteiger partial charge >= 0.3 is 0 Å². The fourth-order valence-corrected chi connectivity index (χ4v) is 3.03. The van der Waals surface area contributed by atoms with Gasteiger partial charge in [-0.25, -0.2) is 4.98 Å². The van der Waals surface area contributed by atoms with Crippen LogP contribution >= 0.6 is 15.9 Å².